The second-order valence-corrected chi connectivity index (χ2v) is 18.0. The van der Waals surface area contributed by atoms with Crippen molar-refractivity contribution in [1.82, 2.24) is 14.3 Å². The highest BCUT2D eigenvalue weighted by Gasteiger charge is 2.44. The summed E-state index contributed by atoms with van der Waals surface area (Å²) >= 11 is 0. The van der Waals surface area contributed by atoms with Crippen molar-refractivity contribution >= 4 is 26.1 Å². The van der Waals surface area contributed by atoms with E-state index in [1.165, 1.54) is 22.5 Å². The Kier molecular flexibility index (Phi) is 13.2. The number of benzene rings is 2. The van der Waals surface area contributed by atoms with Gasteiger partial charge in [0, 0.05) is 25.7 Å². The van der Waals surface area contributed by atoms with Crippen molar-refractivity contribution in [2.45, 2.75) is 88.7 Å². The molecule has 0 aliphatic carbocycles. The molecule has 0 radical (unpaired) electrons. The number of aliphatic hydroxyl groups excluding tert-OH is 1. The van der Waals surface area contributed by atoms with Crippen molar-refractivity contribution in [3.05, 3.63) is 54.1 Å². The smallest absolute Gasteiger partial charge is 0.407 e. The van der Waals surface area contributed by atoms with Crippen molar-refractivity contribution in [2.75, 3.05) is 45.4 Å². The summed E-state index contributed by atoms with van der Waals surface area (Å²) in [6.07, 6.45) is 0.174. The van der Waals surface area contributed by atoms with Gasteiger partial charge in [0.25, 0.3) is 0 Å². The van der Waals surface area contributed by atoms with Crippen LogP contribution in [0.25, 0.3) is 0 Å². The maximum Gasteiger partial charge on any atom is 0.407 e. The van der Waals surface area contributed by atoms with E-state index in [-0.39, 0.29) is 56.0 Å². The van der Waals surface area contributed by atoms with Gasteiger partial charge in [-0.15, -0.1) is 0 Å². The van der Waals surface area contributed by atoms with Crippen LogP contribution < -0.4 is 19.5 Å². The topological polar surface area (TPSA) is 179 Å². The number of nitrogens with zero attached hydrogens (tertiary/aromatic N) is 1. The summed E-state index contributed by atoms with van der Waals surface area (Å²) in [5.74, 6) is 0.700. The summed E-state index contributed by atoms with van der Waals surface area (Å²) in [5.41, 5.74) is 0.184. The highest BCUT2D eigenvalue weighted by molar-refractivity contribution is 7.89. The molecule has 3 aliphatic heterocycles. The molecule has 5 atom stereocenters. The fourth-order valence-electron chi connectivity index (χ4n) is 6.55. The second-order valence-electron chi connectivity index (χ2n) is 14.1. The van der Waals surface area contributed by atoms with Gasteiger partial charge >= 0.3 is 6.09 Å². The number of alkyl carbamates (subject to hydrolysis) is 1. The van der Waals surface area contributed by atoms with Crippen LogP contribution >= 0.6 is 0 Å². The number of ether oxygens (including phenoxy) is 5. The third-order valence-electron chi connectivity index (χ3n) is 9.41. The zero-order valence-electron chi connectivity index (χ0n) is 29.5. The molecule has 0 bridgehead atoms. The summed E-state index contributed by atoms with van der Waals surface area (Å²) in [4.78, 5) is 13.2. The fraction of sp³-hybridized carbons (Fsp3) is 0.629. The number of carbonyl (C=O) groups excluding carboxylic acids is 1. The van der Waals surface area contributed by atoms with E-state index in [0.717, 1.165) is 12.0 Å². The van der Waals surface area contributed by atoms with Crippen molar-refractivity contribution in [3.8, 4) is 11.5 Å². The lowest BCUT2D eigenvalue weighted by Crippen LogP contribution is -2.52. The molecule has 0 unspecified atom stereocenters. The lowest BCUT2D eigenvalue weighted by molar-refractivity contribution is -0.0907. The molecular formula is C35H51N3O11S2. The number of aliphatic hydroxyl groups is 1. The first-order valence-electron chi connectivity index (χ1n) is 17.6. The zero-order valence-corrected chi connectivity index (χ0v) is 31.1. The number of unbranched alkanes of at least 4 members (excludes halogenated alkanes) is 1. The third kappa shape index (κ3) is 10.8. The molecule has 0 aromatic heterocycles. The van der Waals surface area contributed by atoms with Gasteiger partial charge in [-0.1, -0.05) is 57.5 Å². The molecule has 51 heavy (non-hydrogen) atoms. The highest BCUT2D eigenvalue weighted by Crippen LogP contribution is 2.36. The molecular weight excluding hydrogens is 703 g/mol. The number of sulfonamides is 2. The Morgan fingerprint density at radius 2 is 1.82 bits per heavy atom. The molecule has 5 rings (SSSR count). The minimum Gasteiger partial charge on any atom is -0.454 e. The van der Waals surface area contributed by atoms with E-state index in [9.17, 15) is 26.7 Å². The monoisotopic (exact) mass is 753 g/mol. The van der Waals surface area contributed by atoms with Crippen LogP contribution in [0.15, 0.2) is 53.4 Å². The van der Waals surface area contributed by atoms with Crippen LogP contribution in [0.1, 0.15) is 58.4 Å². The minimum atomic E-state index is -4.23. The Labute approximate surface area is 301 Å². The Balaban J connectivity index is 1.33. The largest absolute Gasteiger partial charge is 0.454 e. The molecule has 2 fully saturated rings. The maximum atomic E-state index is 14.3. The zero-order chi connectivity index (χ0) is 36.6. The number of carbonyl (C=O) groups is 1. The van der Waals surface area contributed by atoms with Crippen molar-refractivity contribution in [3.63, 3.8) is 0 Å². The van der Waals surface area contributed by atoms with Crippen molar-refractivity contribution in [1.29, 1.82) is 0 Å². The Bertz CT molecular complexity index is 1670. The molecule has 3 aliphatic rings. The van der Waals surface area contributed by atoms with Gasteiger partial charge in [0.2, 0.25) is 26.8 Å². The second kappa shape index (κ2) is 17.2. The predicted octanol–water partition coefficient (Wildman–Crippen LogP) is 3.39. The van der Waals surface area contributed by atoms with Gasteiger partial charge < -0.3 is 34.1 Å². The number of hydrogen-bond donors (Lipinski definition) is 3. The van der Waals surface area contributed by atoms with Gasteiger partial charge in [0.1, 0.15) is 6.10 Å². The quantitative estimate of drug-likeness (QED) is 0.179. The molecule has 1 amide bonds. The van der Waals surface area contributed by atoms with E-state index in [0.29, 0.717) is 43.8 Å². The van der Waals surface area contributed by atoms with Crippen molar-refractivity contribution < 1.29 is 50.4 Å². The van der Waals surface area contributed by atoms with E-state index < -0.39 is 56.1 Å². The average Bonchev–Trinajstić information content (AvgIpc) is 3.84. The number of hydrogen-bond acceptors (Lipinski definition) is 11. The van der Waals surface area contributed by atoms with Crippen LogP contribution in [-0.2, 0) is 40.7 Å². The summed E-state index contributed by atoms with van der Waals surface area (Å²) in [6.45, 7) is 6.27. The van der Waals surface area contributed by atoms with Gasteiger partial charge in [0.15, 0.2) is 17.8 Å². The van der Waals surface area contributed by atoms with Gasteiger partial charge in [-0.25, -0.2) is 26.4 Å². The molecule has 16 heteroatoms. The number of rotatable bonds is 19. The Morgan fingerprint density at radius 1 is 1.06 bits per heavy atom. The number of nitrogens with one attached hydrogen (secondary N) is 2. The van der Waals surface area contributed by atoms with E-state index in [2.05, 4.69) is 10.0 Å². The average molecular weight is 754 g/mol. The minimum absolute atomic E-state index is 0.00555. The van der Waals surface area contributed by atoms with E-state index >= 15 is 0 Å². The van der Waals surface area contributed by atoms with Crippen LogP contribution in [-0.4, -0.2) is 102 Å². The van der Waals surface area contributed by atoms with Gasteiger partial charge in [-0.2, -0.15) is 4.31 Å². The molecule has 2 aromatic carbocycles. The molecule has 2 aromatic rings. The number of amides is 1. The Morgan fingerprint density at radius 3 is 2.59 bits per heavy atom. The van der Waals surface area contributed by atoms with Crippen LogP contribution in [0.5, 0.6) is 11.5 Å². The van der Waals surface area contributed by atoms with Crippen LogP contribution in [0.3, 0.4) is 0 Å². The fourth-order valence-corrected chi connectivity index (χ4v) is 9.48. The van der Waals surface area contributed by atoms with E-state index in [1.807, 2.05) is 51.1 Å². The van der Waals surface area contributed by atoms with Crippen LogP contribution in [0, 0.1) is 11.3 Å². The van der Waals surface area contributed by atoms with Gasteiger partial charge in [-0.05, 0) is 55.2 Å². The van der Waals surface area contributed by atoms with Gasteiger partial charge in [-0.3, -0.25) is 0 Å². The molecule has 0 saturated carbocycles. The normalized spacial score (nSPS) is 21.4. The van der Waals surface area contributed by atoms with Crippen LogP contribution in [0.4, 0.5) is 4.79 Å². The maximum absolute atomic E-state index is 14.3. The highest BCUT2D eigenvalue weighted by atomic mass is 32.2. The summed E-state index contributed by atoms with van der Waals surface area (Å²) in [7, 11) is -7.62. The first-order valence-corrected chi connectivity index (χ1v) is 20.6. The molecule has 0 spiro atoms. The molecule has 3 heterocycles. The first kappa shape index (κ1) is 39.2. The van der Waals surface area contributed by atoms with Crippen LogP contribution in [0.2, 0.25) is 0 Å². The SMILES string of the molecule is CCCCS(=O)(=O)NCCCC(C)(C)CN(C[C@@H](O)[C@H](Cc1ccccc1)NC(=O)O[C@H]1CO[C@H]2OCC[C@H]21)S(=O)(=O)c1ccc2c(c1)OCO2. The lowest BCUT2D eigenvalue weighted by atomic mass is 9.87. The predicted molar refractivity (Wildman–Crippen MR) is 188 cm³/mol. The summed E-state index contributed by atoms with van der Waals surface area (Å²) in [5, 5.41) is 14.6. The van der Waals surface area contributed by atoms with E-state index in [4.69, 9.17) is 23.7 Å². The number of fused-ring (bicyclic) bond motifs is 2. The summed E-state index contributed by atoms with van der Waals surface area (Å²) < 4.78 is 84.9. The summed E-state index contributed by atoms with van der Waals surface area (Å²) in [6, 6.07) is 12.7. The van der Waals surface area contributed by atoms with E-state index in [1.54, 1.807) is 0 Å². The molecule has 3 N–H and O–H groups in total. The third-order valence-corrected chi connectivity index (χ3v) is 12.7. The molecule has 14 nitrogen and oxygen atoms in total. The molecule has 2 saturated heterocycles. The van der Waals surface area contributed by atoms with Gasteiger partial charge in [0.05, 0.1) is 41.9 Å². The molecule has 284 valence electrons. The Hall–Kier alpha value is -2.99. The van der Waals surface area contributed by atoms with Crippen molar-refractivity contribution in [2.24, 2.45) is 11.3 Å². The lowest BCUT2D eigenvalue weighted by Gasteiger charge is -2.35. The first-order chi connectivity index (χ1) is 24.3. The standard InChI is InChI=1S/C35H51N3O11S2/c1-4-5-18-50(41,42)36-16-9-15-35(2,3)23-38(51(43,44)26-12-13-30-31(20-26)48-24-47-30)21-29(39)28(19-25-10-7-6-8-11-25)37-34(40)49-32-22-46-33-27(32)14-17-45-33/h6-8,10-13,20,27-29,32-33,36,39H,4-5,9,14-19,21-24H2,1-3H3,(H,37,40)/t27-,28-,29+,32-,33+/m0/s1.